The van der Waals surface area contributed by atoms with Crippen LogP contribution >= 0.6 is 11.3 Å². The van der Waals surface area contributed by atoms with E-state index in [0.29, 0.717) is 18.9 Å². The first-order chi connectivity index (χ1) is 10.6. The minimum atomic E-state index is -0.247. The monoisotopic (exact) mass is 315 g/mol. The lowest BCUT2D eigenvalue weighted by atomic mass is 10.1. The molecular formula is C15H17N5OS. The Balaban J connectivity index is 2.17. The third-order valence-electron chi connectivity index (χ3n) is 3.86. The zero-order valence-electron chi connectivity index (χ0n) is 12.6. The molecule has 2 aromatic rings. The molecule has 1 fully saturated rings. The number of carbonyl (C=O) groups excluding carboxylic acids is 1. The van der Waals surface area contributed by atoms with Crippen LogP contribution in [-0.2, 0) is 11.2 Å². The summed E-state index contributed by atoms with van der Waals surface area (Å²) in [7, 11) is 0. The molecule has 1 atom stereocenters. The number of anilines is 1. The van der Waals surface area contributed by atoms with Crippen molar-refractivity contribution in [3.8, 4) is 6.07 Å². The number of hydrogen-bond donors (Lipinski definition) is 1. The Kier molecular flexibility index (Phi) is 4.05. The van der Waals surface area contributed by atoms with Crippen molar-refractivity contribution in [3.05, 3.63) is 16.8 Å². The molecule has 114 valence electrons. The topological polar surface area (TPSA) is 81.9 Å². The third-order valence-corrected chi connectivity index (χ3v) is 5.03. The molecule has 1 aliphatic heterocycles. The van der Waals surface area contributed by atoms with Crippen molar-refractivity contribution < 1.29 is 4.79 Å². The normalized spacial score (nSPS) is 18.4. The van der Waals surface area contributed by atoms with E-state index < -0.39 is 0 Å². The smallest absolute Gasteiger partial charge is 0.235 e. The van der Waals surface area contributed by atoms with Gasteiger partial charge in [0.2, 0.25) is 5.82 Å². The van der Waals surface area contributed by atoms with Crippen LogP contribution < -0.4 is 10.2 Å². The maximum absolute atomic E-state index is 11.9. The number of Topliss-reactive ketones (excluding diaryl/α,β-unsaturated/α-hetero) is 1. The molecule has 1 N–H and O–H groups in total. The minimum Gasteiger partial charge on any atom is -0.343 e. The summed E-state index contributed by atoms with van der Waals surface area (Å²) in [4.78, 5) is 24.7. The first-order valence-electron chi connectivity index (χ1n) is 7.32. The van der Waals surface area contributed by atoms with Crippen LogP contribution in [0.3, 0.4) is 0 Å². The third kappa shape index (κ3) is 2.56. The van der Waals surface area contributed by atoms with Gasteiger partial charge >= 0.3 is 0 Å². The molecule has 0 radical (unpaired) electrons. The molecule has 0 spiro atoms. The molecule has 6 nitrogen and oxygen atoms in total. The van der Waals surface area contributed by atoms with Gasteiger partial charge in [0.05, 0.1) is 5.39 Å². The SMILES string of the molecule is CCc1cc2c(N3CCNCC3C(C)=O)nc(C#N)nc2s1. The predicted molar refractivity (Wildman–Crippen MR) is 86.2 cm³/mol. The van der Waals surface area contributed by atoms with Crippen LogP contribution in [0.15, 0.2) is 6.07 Å². The highest BCUT2D eigenvalue weighted by molar-refractivity contribution is 7.18. The van der Waals surface area contributed by atoms with Crippen molar-refractivity contribution in [2.75, 3.05) is 24.5 Å². The fourth-order valence-corrected chi connectivity index (χ4v) is 3.68. The van der Waals surface area contributed by atoms with Crippen molar-refractivity contribution in [2.45, 2.75) is 26.3 Å². The molecule has 1 aliphatic rings. The lowest BCUT2D eigenvalue weighted by Crippen LogP contribution is -2.55. The van der Waals surface area contributed by atoms with E-state index in [-0.39, 0.29) is 17.6 Å². The average molecular weight is 315 g/mol. The number of fused-ring (bicyclic) bond motifs is 1. The van der Waals surface area contributed by atoms with Crippen molar-refractivity contribution in [1.82, 2.24) is 15.3 Å². The summed E-state index contributed by atoms with van der Waals surface area (Å²) in [6.07, 6.45) is 0.917. The highest BCUT2D eigenvalue weighted by Crippen LogP contribution is 2.32. The van der Waals surface area contributed by atoms with E-state index in [1.165, 1.54) is 4.88 Å². The molecule has 1 saturated heterocycles. The number of thiophene rings is 1. The van der Waals surface area contributed by atoms with Gasteiger partial charge in [-0.15, -0.1) is 11.3 Å². The van der Waals surface area contributed by atoms with Gasteiger partial charge in [0.25, 0.3) is 0 Å². The second-order valence-electron chi connectivity index (χ2n) is 5.29. The van der Waals surface area contributed by atoms with E-state index in [4.69, 9.17) is 0 Å². The Morgan fingerprint density at radius 2 is 2.41 bits per heavy atom. The van der Waals surface area contributed by atoms with Gasteiger partial charge < -0.3 is 10.2 Å². The molecule has 0 saturated carbocycles. The number of rotatable bonds is 3. The van der Waals surface area contributed by atoms with E-state index in [0.717, 1.165) is 23.2 Å². The molecular weight excluding hydrogens is 298 g/mol. The first-order valence-corrected chi connectivity index (χ1v) is 8.14. The molecule has 0 aromatic carbocycles. The Morgan fingerprint density at radius 3 is 3.09 bits per heavy atom. The van der Waals surface area contributed by atoms with Crippen molar-refractivity contribution in [2.24, 2.45) is 0 Å². The summed E-state index contributed by atoms with van der Waals surface area (Å²) in [6.45, 7) is 5.78. The lowest BCUT2D eigenvalue weighted by Gasteiger charge is -2.35. The Bertz CT molecular complexity index is 763. The largest absolute Gasteiger partial charge is 0.343 e. The van der Waals surface area contributed by atoms with E-state index in [1.54, 1.807) is 18.3 Å². The van der Waals surface area contributed by atoms with E-state index >= 15 is 0 Å². The highest BCUT2D eigenvalue weighted by atomic mass is 32.1. The van der Waals surface area contributed by atoms with Gasteiger partial charge in [-0.25, -0.2) is 9.97 Å². The summed E-state index contributed by atoms with van der Waals surface area (Å²) < 4.78 is 0. The van der Waals surface area contributed by atoms with Crippen LogP contribution in [-0.4, -0.2) is 41.4 Å². The number of carbonyl (C=O) groups is 1. The second kappa shape index (κ2) is 5.99. The molecule has 0 bridgehead atoms. The zero-order chi connectivity index (χ0) is 15.7. The first kappa shape index (κ1) is 14.9. The van der Waals surface area contributed by atoms with Gasteiger partial charge in [-0.1, -0.05) is 6.92 Å². The van der Waals surface area contributed by atoms with Crippen LogP contribution in [0, 0.1) is 11.3 Å². The Labute approximate surface area is 132 Å². The molecule has 3 heterocycles. The van der Waals surface area contributed by atoms with Gasteiger partial charge in [-0.2, -0.15) is 5.26 Å². The highest BCUT2D eigenvalue weighted by Gasteiger charge is 2.29. The molecule has 7 heteroatoms. The minimum absolute atomic E-state index is 0.100. The summed E-state index contributed by atoms with van der Waals surface area (Å²) in [5.41, 5.74) is 0. The van der Waals surface area contributed by atoms with Gasteiger partial charge in [0.15, 0.2) is 5.78 Å². The number of aryl methyl sites for hydroxylation is 1. The van der Waals surface area contributed by atoms with Gasteiger partial charge in [-0.3, -0.25) is 4.79 Å². The fourth-order valence-electron chi connectivity index (χ4n) is 2.72. The number of nitriles is 1. The molecule has 3 rings (SSSR count). The van der Waals surface area contributed by atoms with E-state index in [9.17, 15) is 10.1 Å². The maximum atomic E-state index is 11.9. The number of hydrogen-bond acceptors (Lipinski definition) is 7. The van der Waals surface area contributed by atoms with E-state index in [2.05, 4.69) is 28.3 Å². The number of ketones is 1. The second-order valence-corrected chi connectivity index (χ2v) is 6.41. The number of nitrogens with one attached hydrogen (secondary N) is 1. The van der Waals surface area contributed by atoms with Gasteiger partial charge in [0, 0.05) is 24.5 Å². The zero-order valence-corrected chi connectivity index (χ0v) is 13.4. The van der Waals surface area contributed by atoms with Crippen LogP contribution in [0.2, 0.25) is 0 Å². The molecule has 2 aromatic heterocycles. The Hall–Kier alpha value is -2.04. The van der Waals surface area contributed by atoms with Crippen LogP contribution in [0.25, 0.3) is 10.2 Å². The lowest BCUT2D eigenvalue weighted by molar-refractivity contribution is -0.118. The van der Waals surface area contributed by atoms with Crippen molar-refractivity contribution in [1.29, 1.82) is 5.26 Å². The van der Waals surface area contributed by atoms with Crippen LogP contribution in [0.4, 0.5) is 5.82 Å². The van der Waals surface area contributed by atoms with Crippen LogP contribution in [0.1, 0.15) is 24.5 Å². The quantitative estimate of drug-likeness (QED) is 0.924. The summed E-state index contributed by atoms with van der Waals surface area (Å²) in [5.74, 6) is 0.968. The van der Waals surface area contributed by atoms with Crippen LogP contribution in [0.5, 0.6) is 0 Å². The summed E-state index contributed by atoms with van der Waals surface area (Å²) >= 11 is 1.59. The maximum Gasteiger partial charge on any atom is 0.235 e. The van der Waals surface area contributed by atoms with Crippen molar-refractivity contribution >= 4 is 33.2 Å². The Morgan fingerprint density at radius 1 is 1.59 bits per heavy atom. The predicted octanol–water partition coefficient (Wildman–Crippen LogP) is 1.49. The number of nitrogens with zero attached hydrogens (tertiary/aromatic N) is 4. The fraction of sp³-hybridized carbons (Fsp3) is 0.467. The summed E-state index contributed by atoms with van der Waals surface area (Å²) in [6, 6.07) is 3.86. The summed E-state index contributed by atoms with van der Waals surface area (Å²) in [5, 5.41) is 13.4. The van der Waals surface area contributed by atoms with Gasteiger partial charge in [-0.05, 0) is 19.4 Å². The van der Waals surface area contributed by atoms with E-state index in [1.807, 2.05) is 11.0 Å². The van der Waals surface area contributed by atoms with Crippen molar-refractivity contribution in [3.63, 3.8) is 0 Å². The molecule has 0 amide bonds. The standard InChI is InChI=1S/C15H17N5OS/c1-3-10-6-11-14(18-13(7-16)19-15(11)22-10)20-5-4-17-8-12(20)9(2)21/h6,12,17H,3-5,8H2,1-2H3. The average Bonchev–Trinajstić information content (AvgIpc) is 2.96. The molecule has 0 aliphatic carbocycles. The number of piperazine rings is 1. The van der Waals surface area contributed by atoms with Gasteiger partial charge in [0.1, 0.15) is 22.8 Å². The molecule has 1 unspecified atom stereocenters. The number of aromatic nitrogens is 2. The molecule has 22 heavy (non-hydrogen) atoms.